The fraction of sp³-hybridized carbons (Fsp3) is 0.111. The second kappa shape index (κ2) is 5.63. The molecule has 0 unspecified atom stereocenters. The predicted octanol–water partition coefficient (Wildman–Crippen LogP) is 2.65. The fourth-order valence-corrected chi connectivity index (χ4v) is 3.86. The molecule has 2 aromatic heterocycles. The number of benzene rings is 2. The summed E-state index contributed by atoms with van der Waals surface area (Å²) in [7, 11) is 1.86. The number of rotatable bonds is 1. The molecule has 0 saturated carbocycles. The van der Waals surface area contributed by atoms with Crippen LogP contribution in [0.4, 0.5) is 0 Å². The van der Waals surface area contributed by atoms with Gasteiger partial charge in [-0.05, 0) is 12.1 Å². The Kier molecular flexibility index (Phi) is 3.26. The molecule has 3 heterocycles. The van der Waals surface area contributed by atoms with Gasteiger partial charge >= 0.3 is 0 Å². The van der Waals surface area contributed by atoms with Crippen LogP contribution >= 0.6 is 11.3 Å². The first-order valence-corrected chi connectivity index (χ1v) is 8.71. The Morgan fingerprint density at radius 1 is 1.19 bits per heavy atom. The van der Waals surface area contributed by atoms with Crippen molar-refractivity contribution in [2.45, 2.75) is 0 Å². The summed E-state index contributed by atoms with van der Waals surface area (Å²) >= 11 is 1.41. The summed E-state index contributed by atoms with van der Waals surface area (Å²) in [4.78, 5) is 26.0. The summed E-state index contributed by atoms with van der Waals surface area (Å²) < 4.78 is 13.6. The molecule has 2 aromatic carbocycles. The third-order valence-corrected chi connectivity index (χ3v) is 5.26. The van der Waals surface area contributed by atoms with Crippen molar-refractivity contribution in [1.82, 2.24) is 14.5 Å². The maximum absolute atomic E-state index is 12.6. The van der Waals surface area contributed by atoms with Crippen LogP contribution in [0.2, 0.25) is 0 Å². The molecule has 4 aromatic rings. The highest BCUT2D eigenvalue weighted by atomic mass is 32.1. The van der Waals surface area contributed by atoms with Gasteiger partial charge in [-0.15, -0.1) is 0 Å². The number of aryl methyl sites for hydroxylation is 1. The van der Waals surface area contributed by atoms with E-state index in [1.54, 1.807) is 0 Å². The largest absolute Gasteiger partial charge is 0.454 e. The van der Waals surface area contributed by atoms with E-state index in [9.17, 15) is 4.79 Å². The minimum Gasteiger partial charge on any atom is -0.454 e. The van der Waals surface area contributed by atoms with Crippen LogP contribution in [0.1, 0.15) is 10.5 Å². The Labute approximate surface area is 151 Å². The first kappa shape index (κ1) is 15.0. The maximum atomic E-state index is 12.6. The van der Waals surface area contributed by atoms with Crippen molar-refractivity contribution in [2.75, 3.05) is 6.79 Å². The third-order valence-electron chi connectivity index (χ3n) is 4.17. The molecule has 8 heteroatoms. The molecular weight excluding hydrogens is 352 g/mol. The van der Waals surface area contributed by atoms with E-state index in [-0.39, 0.29) is 12.5 Å². The van der Waals surface area contributed by atoms with E-state index in [0.717, 1.165) is 15.7 Å². The Morgan fingerprint density at radius 2 is 1.96 bits per heavy atom. The number of hydrogen-bond donors (Lipinski definition) is 0. The number of ether oxygens (including phenoxy) is 2. The minimum atomic E-state index is -0.426. The maximum Gasteiger partial charge on any atom is 0.299 e. The smallest absolute Gasteiger partial charge is 0.299 e. The number of hydrogen-bond acceptors (Lipinski definition) is 6. The topological polar surface area (TPSA) is 78.6 Å². The van der Waals surface area contributed by atoms with Crippen LogP contribution in [0.5, 0.6) is 11.5 Å². The standard InChI is InChI=1S/C18H12N4O3S/c1-22-13-6-14-15(25-9-24-14)7-16(13)26-18(22)21-17(23)12-8-19-10-4-2-3-5-11(10)20-12/h2-8H,9H2,1H3. The highest BCUT2D eigenvalue weighted by Crippen LogP contribution is 2.36. The van der Waals surface area contributed by atoms with Gasteiger partial charge < -0.3 is 14.0 Å². The number of carbonyl (C=O) groups is 1. The summed E-state index contributed by atoms with van der Waals surface area (Å²) in [5, 5.41) is 0. The number of fused-ring (bicyclic) bond motifs is 3. The van der Waals surface area contributed by atoms with Gasteiger partial charge in [-0.25, -0.2) is 4.98 Å². The normalized spacial score (nSPS) is 13.7. The third kappa shape index (κ3) is 2.34. The van der Waals surface area contributed by atoms with Crippen LogP contribution in [0.15, 0.2) is 47.6 Å². The van der Waals surface area contributed by atoms with E-state index < -0.39 is 5.91 Å². The average Bonchev–Trinajstić information content (AvgIpc) is 3.24. The van der Waals surface area contributed by atoms with Crippen LogP contribution in [-0.4, -0.2) is 27.2 Å². The molecular formula is C18H12N4O3S. The van der Waals surface area contributed by atoms with Crippen molar-refractivity contribution in [2.24, 2.45) is 12.0 Å². The van der Waals surface area contributed by atoms with Crippen molar-refractivity contribution in [3.63, 3.8) is 0 Å². The van der Waals surface area contributed by atoms with E-state index in [0.29, 0.717) is 21.8 Å². The molecule has 0 fully saturated rings. The van der Waals surface area contributed by atoms with Gasteiger partial charge in [0.1, 0.15) is 5.69 Å². The lowest BCUT2D eigenvalue weighted by Gasteiger charge is -1.99. The quantitative estimate of drug-likeness (QED) is 0.519. The zero-order valence-electron chi connectivity index (χ0n) is 13.7. The van der Waals surface area contributed by atoms with E-state index in [1.807, 2.05) is 48.0 Å². The number of para-hydroxylation sites is 2. The molecule has 0 radical (unpaired) electrons. The van der Waals surface area contributed by atoms with Gasteiger partial charge in [-0.2, -0.15) is 4.99 Å². The predicted molar refractivity (Wildman–Crippen MR) is 96.4 cm³/mol. The van der Waals surface area contributed by atoms with Gasteiger partial charge in [-0.3, -0.25) is 9.78 Å². The van der Waals surface area contributed by atoms with E-state index in [2.05, 4.69) is 15.0 Å². The number of aromatic nitrogens is 3. The second-order valence-electron chi connectivity index (χ2n) is 5.78. The Bertz CT molecular complexity index is 1260. The van der Waals surface area contributed by atoms with E-state index in [1.165, 1.54) is 17.5 Å². The van der Waals surface area contributed by atoms with Crippen molar-refractivity contribution in [3.05, 3.63) is 53.1 Å². The van der Waals surface area contributed by atoms with Crippen molar-refractivity contribution >= 4 is 38.5 Å². The Hall–Kier alpha value is -3.26. The molecule has 5 rings (SSSR count). The summed E-state index contributed by atoms with van der Waals surface area (Å²) in [6.45, 7) is 0.229. The molecule has 0 atom stereocenters. The van der Waals surface area contributed by atoms with Crippen LogP contribution in [-0.2, 0) is 7.05 Å². The van der Waals surface area contributed by atoms with Crippen LogP contribution < -0.4 is 14.3 Å². The monoisotopic (exact) mass is 364 g/mol. The van der Waals surface area contributed by atoms with Gasteiger partial charge in [0.25, 0.3) is 5.91 Å². The summed E-state index contributed by atoms with van der Waals surface area (Å²) in [5.74, 6) is 0.979. The van der Waals surface area contributed by atoms with Gasteiger partial charge in [0.05, 0.1) is 27.4 Å². The lowest BCUT2D eigenvalue weighted by Crippen LogP contribution is -2.14. The first-order valence-electron chi connectivity index (χ1n) is 7.89. The number of nitrogens with zero attached hydrogens (tertiary/aromatic N) is 4. The van der Waals surface area contributed by atoms with Gasteiger partial charge in [0.15, 0.2) is 16.3 Å². The Balaban J connectivity index is 1.60. The fourth-order valence-electron chi connectivity index (χ4n) is 2.83. The summed E-state index contributed by atoms with van der Waals surface area (Å²) in [6, 6.07) is 11.2. The first-order chi connectivity index (χ1) is 12.7. The van der Waals surface area contributed by atoms with Gasteiger partial charge in [0.2, 0.25) is 6.79 Å². The van der Waals surface area contributed by atoms with Gasteiger partial charge in [-0.1, -0.05) is 23.5 Å². The van der Waals surface area contributed by atoms with Gasteiger partial charge in [0, 0.05) is 19.2 Å². The lowest BCUT2D eigenvalue weighted by molar-refractivity contribution is 0.0993. The molecule has 0 saturated heterocycles. The van der Waals surface area contributed by atoms with Crippen molar-refractivity contribution < 1.29 is 14.3 Å². The zero-order chi connectivity index (χ0) is 17.7. The lowest BCUT2D eigenvalue weighted by atomic mass is 10.3. The zero-order valence-corrected chi connectivity index (χ0v) is 14.5. The molecule has 1 aliphatic rings. The van der Waals surface area contributed by atoms with Crippen LogP contribution in [0, 0.1) is 0 Å². The van der Waals surface area contributed by atoms with Crippen LogP contribution in [0.3, 0.4) is 0 Å². The molecule has 128 valence electrons. The Morgan fingerprint density at radius 3 is 2.81 bits per heavy atom. The molecule has 0 spiro atoms. The van der Waals surface area contributed by atoms with E-state index >= 15 is 0 Å². The molecule has 7 nitrogen and oxygen atoms in total. The number of carbonyl (C=O) groups excluding carboxylic acids is 1. The summed E-state index contributed by atoms with van der Waals surface area (Å²) in [5.41, 5.74) is 2.55. The van der Waals surface area contributed by atoms with E-state index in [4.69, 9.17) is 9.47 Å². The highest BCUT2D eigenvalue weighted by molar-refractivity contribution is 7.16. The highest BCUT2D eigenvalue weighted by Gasteiger charge is 2.17. The minimum absolute atomic E-state index is 0.218. The van der Waals surface area contributed by atoms with Crippen molar-refractivity contribution in [1.29, 1.82) is 0 Å². The number of thiazole rings is 1. The summed E-state index contributed by atoms with van der Waals surface area (Å²) in [6.07, 6.45) is 1.46. The molecule has 0 N–H and O–H groups in total. The SMILES string of the molecule is Cn1c(=NC(=O)c2cnc3ccccc3n2)sc2cc3c(cc21)OCO3. The van der Waals surface area contributed by atoms with Crippen LogP contribution in [0.25, 0.3) is 21.3 Å². The molecule has 0 bridgehead atoms. The number of amides is 1. The molecule has 0 aliphatic carbocycles. The van der Waals surface area contributed by atoms with Crippen molar-refractivity contribution in [3.8, 4) is 11.5 Å². The molecule has 1 aliphatic heterocycles. The molecule has 1 amide bonds. The molecule has 26 heavy (non-hydrogen) atoms. The average molecular weight is 364 g/mol. The second-order valence-corrected chi connectivity index (χ2v) is 6.79.